The van der Waals surface area contributed by atoms with Crippen molar-refractivity contribution in [3.63, 3.8) is 0 Å². The van der Waals surface area contributed by atoms with Crippen LogP contribution in [-0.2, 0) is 6.42 Å². The molecule has 0 saturated carbocycles. The van der Waals surface area contributed by atoms with Crippen LogP contribution in [0.3, 0.4) is 0 Å². The molecule has 0 aliphatic rings. The fourth-order valence-electron chi connectivity index (χ4n) is 2.11. The number of hydrogen-bond donors (Lipinski definition) is 2. The van der Waals surface area contributed by atoms with Crippen LogP contribution < -0.4 is 10.5 Å². The van der Waals surface area contributed by atoms with Crippen molar-refractivity contribution >= 4 is 0 Å². The van der Waals surface area contributed by atoms with E-state index in [1.165, 1.54) is 0 Å². The summed E-state index contributed by atoms with van der Waals surface area (Å²) in [6.07, 6.45) is 1.50. The topological polar surface area (TPSA) is 55.5 Å². The molecule has 0 aliphatic carbocycles. The third-order valence-corrected chi connectivity index (χ3v) is 3.25. The summed E-state index contributed by atoms with van der Waals surface area (Å²) in [6, 6.07) is 15.5. The SMILES string of the molecule is COc1cccc(CCC(N)c2ccccc2)c1O. The summed E-state index contributed by atoms with van der Waals surface area (Å²) in [5.74, 6) is 0.719. The van der Waals surface area contributed by atoms with Gasteiger partial charge in [-0.15, -0.1) is 0 Å². The largest absolute Gasteiger partial charge is 0.504 e. The molecule has 0 aromatic heterocycles. The van der Waals surface area contributed by atoms with E-state index >= 15 is 0 Å². The Morgan fingerprint density at radius 3 is 2.53 bits per heavy atom. The molecular formula is C16H19NO2. The minimum atomic E-state index is -0.0215. The molecule has 0 amide bonds. The lowest BCUT2D eigenvalue weighted by Crippen LogP contribution is -2.11. The number of benzene rings is 2. The van der Waals surface area contributed by atoms with Crippen molar-refractivity contribution in [3.05, 3.63) is 59.7 Å². The normalized spacial score (nSPS) is 12.1. The molecule has 2 aromatic rings. The van der Waals surface area contributed by atoms with Crippen LogP contribution in [0, 0.1) is 0 Å². The van der Waals surface area contributed by atoms with Crippen molar-refractivity contribution in [2.75, 3.05) is 7.11 Å². The third-order valence-electron chi connectivity index (χ3n) is 3.25. The summed E-state index contributed by atoms with van der Waals surface area (Å²) in [6.45, 7) is 0. The van der Waals surface area contributed by atoms with E-state index in [1.807, 2.05) is 42.5 Å². The Morgan fingerprint density at radius 1 is 1.11 bits per heavy atom. The first kappa shape index (κ1) is 13.4. The number of methoxy groups -OCH3 is 1. The summed E-state index contributed by atoms with van der Waals surface area (Å²) in [5.41, 5.74) is 8.13. The Labute approximate surface area is 113 Å². The van der Waals surface area contributed by atoms with Crippen molar-refractivity contribution in [3.8, 4) is 11.5 Å². The molecule has 1 atom stereocenters. The molecule has 2 rings (SSSR count). The molecular weight excluding hydrogens is 238 g/mol. The highest BCUT2D eigenvalue weighted by Gasteiger charge is 2.10. The lowest BCUT2D eigenvalue weighted by molar-refractivity contribution is 0.370. The average molecular weight is 257 g/mol. The summed E-state index contributed by atoms with van der Waals surface area (Å²) in [5, 5.41) is 10.0. The summed E-state index contributed by atoms with van der Waals surface area (Å²) >= 11 is 0. The van der Waals surface area contributed by atoms with Gasteiger partial charge in [-0.3, -0.25) is 0 Å². The quantitative estimate of drug-likeness (QED) is 0.865. The summed E-state index contributed by atoms with van der Waals surface area (Å²) in [7, 11) is 1.55. The van der Waals surface area contributed by atoms with Crippen LogP contribution in [0.1, 0.15) is 23.6 Å². The maximum atomic E-state index is 10.0. The number of hydrogen-bond acceptors (Lipinski definition) is 3. The molecule has 0 radical (unpaired) electrons. The Bertz CT molecular complexity index is 526. The number of para-hydroxylation sites is 1. The van der Waals surface area contributed by atoms with Gasteiger partial charge in [-0.05, 0) is 30.0 Å². The van der Waals surface area contributed by atoms with E-state index in [2.05, 4.69) is 0 Å². The van der Waals surface area contributed by atoms with Gasteiger partial charge in [0.2, 0.25) is 0 Å². The van der Waals surface area contributed by atoms with E-state index in [1.54, 1.807) is 13.2 Å². The van der Waals surface area contributed by atoms with Gasteiger partial charge in [0.05, 0.1) is 7.11 Å². The number of aromatic hydroxyl groups is 1. The van der Waals surface area contributed by atoms with Gasteiger partial charge in [-0.1, -0.05) is 42.5 Å². The first-order valence-electron chi connectivity index (χ1n) is 6.37. The van der Waals surface area contributed by atoms with Crippen molar-refractivity contribution in [1.29, 1.82) is 0 Å². The molecule has 0 heterocycles. The number of phenolic OH excluding ortho intramolecular Hbond substituents is 1. The molecule has 2 aromatic carbocycles. The van der Waals surface area contributed by atoms with E-state index in [0.29, 0.717) is 5.75 Å². The molecule has 3 nitrogen and oxygen atoms in total. The van der Waals surface area contributed by atoms with Crippen LogP contribution in [-0.4, -0.2) is 12.2 Å². The highest BCUT2D eigenvalue weighted by molar-refractivity contribution is 5.45. The second kappa shape index (κ2) is 6.25. The molecule has 0 spiro atoms. The lowest BCUT2D eigenvalue weighted by Gasteiger charge is -2.13. The van der Waals surface area contributed by atoms with Gasteiger partial charge in [0, 0.05) is 6.04 Å². The molecule has 19 heavy (non-hydrogen) atoms. The predicted octanol–water partition coefficient (Wildman–Crippen LogP) is 3.03. The van der Waals surface area contributed by atoms with Crippen LogP contribution in [0.2, 0.25) is 0 Å². The number of rotatable bonds is 5. The Morgan fingerprint density at radius 2 is 1.84 bits per heavy atom. The second-order valence-electron chi connectivity index (χ2n) is 4.52. The monoisotopic (exact) mass is 257 g/mol. The Kier molecular flexibility index (Phi) is 4.42. The fourth-order valence-corrected chi connectivity index (χ4v) is 2.11. The van der Waals surface area contributed by atoms with E-state index in [9.17, 15) is 5.11 Å². The van der Waals surface area contributed by atoms with Crippen molar-refractivity contribution in [1.82, 2.24) is 0 Å². The van der Waals surface area contributed by atoms with Gasteiger partial charge in [0.15, 0.2) is 11.5 Å². The van der Waals surface area contributed by atoms with Gasteiger partial charge in [-0.25, -0.2) is 0 Å². The molecule has 100 valence electrons. The number of ether oxygens (including phenoxy) is 1. The Balaban J connectivity index is 2.03. The van der Waals surface area contributed by atoms with Crippen LogP contribution in [0.5, 0.6) is 11.5 Å². The zero-order valence-corrected chi connectivity index (χ0v) is 11.0. The number of phenols is 1. The predicted molar refractivity (Wildman–Crippen MR) is 76.4 cm³/mol. The molecule has 3 N–H and O–H groups in total. The van der Waals surface area contributed by atoms with E-state index < -0.39 is 0 Å². The van der Waals surface area contributed by atoms with Gasteiger partial charge >= 0.3 is 0 Å². The van der Waals surface area contributed by atoms with Crippen LogP contribution in [0.15, 0.2) is 48.5 Å². The first-order chi connectivity index (χ1) is 9.22. The van der Waals surface area contributed by atoms with Crippen molar-refractivity contribution < 1.29 is 9.84 Å². The molecule has 0 bridgehead atoms. The average Bonchev–Trinajstić information content (AvgIpc) is 2.47. The van der Waals surface area contributed by atoms with Crippen LogP contribution >= 0.6 is 0 Å². The van der Waals surface area contributed by atoms with E-state index in [-0.39, 0.29) is 11.8 Å². The second-order valence-corrected chi connectivity index (χ2v) is 4.52. The third kappa shape index (κ3) is 3.26. The van der Waals surface area contributed by atoms with E-state index in [0.717, 1.165) is 24.0 Å². The fraction of sp³-hybridized carbons (Fsp3) is 0.250. The number of aryl methyl sites for hydroxylation is 1. The standard InChI is InChI=1S/C16H19NO2/c1-19-15-9-5-8-13(16(15)18)10-11-14(17)12-6-3-2-4-7-12/h2-9,14,18H,10-11,17H2,1H3. The summed E-state index contributed by atoms with van der Waals surface area (Å²) in [4.78, 5) is 0. The summed E-state index contributed by atoms with van der Waals surface area (Å²) < 4.78 is 5.10. The molecule has 0 saturated heterocycles. The highest BCUT2D eigenvalue weighted by Crippen LogP contribution is 2.31. The molecule has 1 unspecified atom stereocenters. The Hall–Kier alpha value is -2.00. The van der Waals surface area contributed by atoms with Crippen LogP contribution in [0.4, 0.5) is 0 Å². The highest BCUT2D eigenvalue weighted by atomic mass is 16.5. The van der Waals surface area contributed by atoms with Gasteiger partial charge in [0.1, 0.15) is 0 Å². The lowest BCUT2D eigenvalue weighted by atomic mass is 9.99. The maximum absolute atomic E-state index is 10.0. The zero-order valence-electron chi connectivity index (χ0n) is 11.0. The molecule has 3 heteroatoms. The van der Waals surface area contributed by atoms with Gasteiger partial charge in [-0.2, -0.15) is 0 Å². The number of nitrogens with two attached hydrogens (primary N) is 1. The first-order valence-corrected chi connectivity index (χ1v) is 6.37. The minimum absolute atomic E-state index is 0.0215. The van der Waals surface area contributed by atoms with Gasteiger partial charge < -0.3 is 15.6 Å². The van der Waals surface area contributed by atoms with E-state index in [4.69, 9.17) is 10.5 Å². The smallest absolute Gasteiger partial charge is 0.160 e. The maximum Gasteiger partial charge on any atom is 0.160 e. The van der Waals surface area contributed by atoms with Crippen molar-refractivity contribution in [2.45, 2.75) is 18.9 Å². The van der Waals surface area contributed by atoms with Gasteiger partial charge in [0.25, 0.3) is 0 Å². The van der Waals surface area contributed by atoms with Crippen LogP contribution in [0.25, 0.3) is 0 Å². The van der Waals surface area contributed by atoms with Crippen molar-refractivity contribution in [2.24, 2.45) is 5.73 Å². The molecule has 0 aliphatic heterocycles. The minimum Gasteiger partial charge on any atom is -0.504 e. The molecule has 0 fully saturated rings. The zero-order chi connectivity index (χ0) is 13.7.